The predicted molar refractivity (Wildman–Crippen MR) is 62.8 cm³/mol. The lowest BCUT2D eigenvalue weighted by molar-refractivity contribution is -0.384. The van der Waals surface area contributed by atoms with Gasteiger partial charge in [-0.25, -0.2) is 0 Å². The van der Waals surface area contributed by atoms with Gasteiger partial charge in [0.05, 0.1) is 24.2 Å². The van der Waals surface area contributed by atoms with Gasteiger partial charge in [0.2, 0.25) is 0 Å². The molecule has 0 radical (unpaired) electrons. The van der Waals surface area contributed by atoms with Gasteiger partial charge >= 0.3 is 0 Å². The standard InChI is InChI=1S/C11H16N2O4/c14-7-10(8-15)12-6-5-9-1-3-11(4-2-9)13(16)17/h1-4,10,12,14-15H,5-8H2. The van der Waals surface area contributed by atoms with Gasteiger partial charge in [0.15, 0.2) is 0 Å². The van der Waals surface area contributed by atoms with Crippen LogP contribution in [0.3, 0.4) is 0 Å². The van der Waals surface area contributed by atoms with E-state index in [9.17, 15) is 10.1 Å². The van der Waals surface area contributed by atoms with Gasteiger partial charge in [-0.2, -0.15) is 0 Å². The molecule has 6 heteroatoms. The molecule has 0 saturated heterocycles. The van der Waals surface area contributed by atoms with Crippen LogP contribution < -0.4 is 5.32 Å². The minimum Gasteiger partial charge on any atom is -0.395 e. The van der Waals surface area contributed by atoms with E-state index in [0.29, 0.717) is 13.0 Å². The number of hydrogen-bond donors (Lipinski definition) is 3. The Morgan fingerprint density at radius 3 is 2.29 bits per heavy atom. The van der Waals surface area contributed by atoms with E-state index in [1.165, 1.54) is 12.1 Å². The van der Waals surface area contributed by atoms with Crippen LogP contribution >= 0.6 is 0 Å². The number of aliphatic hydroxyl groups excluding tert-OH is 2. The lowest BCUT2D eigenvalue weighted by atomic mass is 10.1. The van der Waals surface area contributed by atoms with Gasteiger partial charge in [-0.3, -0.25) is 10.1 Å². The summed E-state index contributed by atoms with van der Waals surface area (Å²) in [5.74, 6) is 0. The number of benzene rings is 1. The molecule has 94 valence electrons. The van der Waals surface area contributed by atoms with Crippen molar-refractivity contribution >= 4 is 5.69 Å². The summed E-state index contributed by atoms with van der Waals surface area (Å²) in [6.45, 7) is 0.372. The first-order valence-corrected chi connectivity index (χ1v) is 5.35. The van der Waals surface area contributed by atoms with Gasteiger partial charge in [0.25, 0.3) is 5.69 Å². The smallest absolute Gasteiger partial charge is 0.269 e. The van der Waals surface area contributed by atoms with Crippen LogP contribution in [0.15, 0.2) is 24.3 Å². The first-order valence-electron chi connectivity index (χ1n) is 5.35. The summed E-state index contributed by atoms with van der Waals surface area (Å²) in [7, 11) is 0. The molecule has 0 saturated carbocycles. The number of aliphatic hydroxyl groups is 2. The van der Waals surface area contributed by atoms with Gasteiger partial charge in [0.1, 0.15) is 0 Å². The van der Waals surface area contributed by atoms with Crippen molar-refractivity contribution in [3.63, 3.8) is 0 Å². The second kappa shape index (κ2) is 6.95. The van der Waals surface area contributed by atoms with Gasteiger partial charge in [0, 0.05) is 12.1 Å². The van der Waals surface area contributed by atoms with E-state index in [4.69, 9.17) is 10.2 Å². The minimum absolute atomic E-state index is 0.0744. The first-order chi connectivity index (χ1) is 8.17. The molecule has 0 heterocycles. The highest BCUT2D eigenvalue weighted by molar-refractivity contribution is 5.32. The average Bonchev–Trinajstić information content (AvgIpc) is 2.35. The van der Waals surface area contributed by atoms with E-state index in [1.54, 1.807) is 12.1 Å². The maximum Gasteiger partial charge on any atom is 0.269 e. The predicted octanol–water partition coefficient (Wildman–Crippen LogP) is 0.0801. The molecule has 0 aliphatic rings. The van der Waals surface area contributed by atoms with Crippen molar-refractivity contribution < 1.29 is 15.1 Å². The summed E-state index contributed by atoms with van der Waals surface area (Å²) < 4.78 is 0. The van der Waals surface area contributed by atoms with Crippen molar-refractivity contribution in [2.24, 2.45) is 0 Å². The van der Waals surface area contributed by atoms with Gasteiger partial charge in [-0.1, -0.05) is 12.1 Å². The molecule has 1 aromatic rings. The van der Waals surface area contributed by atoms with Crippen LogP contribution in [0.1, 0.15) is 5.56 Å². The SMILES string of the molecule is O=[N+]([O-])c1ccc(CCNC(CO)CO)cc1. The molecule has 3 N–H and O–H groups in total. The molecular formula is C11H16N2O4. The van der Waals surface area contributed by atoms with Crippen LogP contribution in [0.4, 0.5) is 5.69 Å². The number of non-ortho nitro benzene ring substituents is 1. The van der Waals surface area contributed by atoms with Crippen LogP contribution in [-0.2, 0) is 6.42 Å². The van der Waals surface area contributed by atoms with E-state index in [1.807, 2.05) is 0 Å². The molecule has 0 bridgehead atoms. The quantitative estimate of drug-likeness (QED) is 0.463. The highest BCUT2D eigenvalue weighted by atomic mass is 16.6. The Balaban J connectivity index is 2.39. The molecule has 1 aromatic carbocycles. The molecule has 1 rings (SSSR count). The second-order valence-electron chi connectivity index (χ2n) is 3.69. The Bertz CT molecular complexity index is 349. The monoisotopic (exact) mass is 240 g/mol. The van der Waals surface area contributed by atoms with Gasteiger partial charge in [-0.15, -0.1) is 0 Å². The summed E-state index contributed by atoms with van der Waals surface area (Å²) in [5.41, 5.74) is 1.04. The number of nitro groups is 1. The molecule has 0 aliphatic heterocycles. The third-order valence-corrected chi connectivity index (χ3v) is 2.43. The van der Waals surface area contributed by atoms with Crippen molar-refractivity contribution in [1.82, 2.24) is 5.32 Å². The molecule has 6 nitrogen and oxygen atoms in total. The largest absolute Gasteiger partial charge is 0.395 e. The van der Waals surface area contributed by atoms with Crippen molar-refractivity contribution in [3.8, 4) is 0 Å². The Morgan fingerprint density at radius 1 is 1.24 bits per heavy atom. The Hall–Kier alpha value is -1.50. The third kappa shape index (κ3) is 4.48. The number of rotatable bonds is 7. The zero-order valence-corrected chi connectivity index (χ0v) is 9.37. The van der Waals surface area contributed by atoms with Crippen LogP contribution in [0.5, 0.6) is 0 Å². The molecule has 0 unspecified atom stereocenters. The summed E-state index contributed by atoms with van der Waals surface area (Å²) in [5, 5.41) is 31.0. The number of nitrogens with one attached hydrogen (secondary N) is 1. The highest BCUT2D eigenvalue weighted by Gasteiger charge is 2.05. The van der Waals surface area contributed by atoms with Gasteiger partial charge < -0.3 is 15.5 Å². The highest BCUT2D eigenvalue weighted by Crippen LogP contribution is 2.11. The molecule has 17 heavy (non-hydrogen) atoms. The first kappa shape index (κ1) is 13.6. The molecule has 0 atom stereocenters. The maximum atomic E-state index is 10.4. The molecule has 0 aromatic heterocycles. The summed E-state index contributed by atoms with van der Waals surface area (Å²) >= 11 is 0. The van der Waals surface area contributed by atoms with E-state index < -0.39 is 4.92 Å². The van der Waals surface area contributed by atoms with E-state index in [-0.39, 0.29) is 24.9 Å². The fraction of sp³-hybridized carbons (Fsp3) is 0.455. The molecule has 0 fully saturated rings. The van der Waals surface area contributed by atoms with Crippen molar-refractivity contribution in [3.05, 3.63) is 39.9 Å². The minimum atomic E-state index is -0.435. The van der Waals surface area contributed by atoms with Gasteiger partial charge in [-0.05, 0) is 18.5 Å². The lowest BCUT2D eigenvalue weighted by Gasteiger charge is -2.12. The van der Waals surface area contributed by atoms with Crippen LogP contribution in [0, 0.1) is 10.1 Å². The number of hydrogen-bond acceptors (Lipinski definition) is 5. The van der Waals surface area contributed by atoms with E-state index >= 15 is 0 Å². The fourth-order valence-electron chi connectivity index (χ4n) is 1.39. The fourth-order valence-corrected chi connectivity index (χ4v) is 1.39. The number of nitro benzene ring substituents is 1. The molecule has 0 spiro atoms. The molecular weight excluding hydrogens is 224 g/mol. The zero-order valence-electron chi connectivity index (χ0n) is 9.37. The Labute approximate surface area is 99.0 Å². The topological polar surface area (TPSA) is 95.6 Å². The maximum absolute atomic E-state index is 10.4. The van der Waals surface area contributed by atoms with Crippen LogP contribution in [0.25, 0.3) is 0 Å². The normalized spacial score (nSPS) is 10.8. The van der Waals surface area contributed by atoms with E-state index in [2.05, 4.69) is 5.32 Å². The summed E-state index contributed by atoms with van der Waals surface area (Å²) in [6, 6.07) is 6.02. The van der Waals surface area contributed by atoms with Crippen molar-refractivity contribution in [1.29, 1.82) is 0 Å². The summed E-state index contributed by atoms with van der Waals surface area (Å²) in [4.78, 5) is 10.00. The zero-order chi connectivity index (χ0) is 12.7. The van der Waals surface area contributed by atoms with E-state index in [0.717, 1.165) is 5.56 Å². The summed E-state index contributed by atoms with van der Waals surface area (Å²) in [6.07, 6.45) is 0.689. The molecule has 0 amide bonds. The van der Waals surface area contributed by atoms with Crippen molar-refractivity contribution in [2.45, 2.75) is 12.5 Å². The number of nitrogens with zero attached hydrogens (tertiary/aromatic N) is 1. The third-order valence-electron chi connectivity index (χ3n) is 2.43. The van der Waals surface area contributed by atoms with Crippen LogP contribution in [0.2, 0.25) is 0 Å². The Morgan fingerprint density at radius 2 is 1.82 bits per heavy atom. The van der Waals surface area contributed by atoms with Crippen molar-refractivity contribution in [2.75, 3.05) is 19.8 Å². The molecule has 0 aliphatic carbocycles. The average molecular weight is 240 g/mol. The van der Waals surface area contributed by atoms with Crippen LogP contribution in [-0.4, -0.2) is 40.9 Å². The lowest BCUT2D eigenvalue weighted by Crippen LogP contribution is -2.36. The Kier molecular flexibility index (Phi) is 5.55. The second-order valence-corrected chi connectivity index (χ2v) is 3.69.